The van der Waals surface area contributed by atoms with Crippen molar-refractivity contribution >= 4 is 50.8 Å². The summed E-state index contributed by atoms with van der Waals surface area (Å²) < 4.78 is 5.08. The highest BCUT2D eigenvalue weighted by Gasteiger charge is 2.26. The van der Waals surface area contributed by atoms with Gasteiger partial charge in [-0.05, 0) is 13.2 Å². The molecule has 1 aliphatic heterocycles. The first kappa shape index (κ1) is 12.5. The van der Waals surface area contributed by atoms with Crippen molar-refractivity contribution in [2.24, 2.45) is 0 Å². The summed E-state index contributed by atoms with van der Waals surface area (Å²) >= 11 is 2.82. The van der Waals surface area contributed by atoms with Crippen LogP contribution in [0.5, 0.6) is 0 Å². The SMILES string of the molecule is CCOC(=O)c1sc2nc(SC)nc3c2c1NCN3. The van der Waals surface area contributed by atoms with E-state index >= 15 is 0 Å². The minimum atomic E-state index is -0.313. The summed E-state index contributed by atoms with van der Waals surface area (Å²) in [6, 6.07) is 0. The fraction of sp³-hybridized carbons (Fsp3) is 0.364. The number of esters is 1. The largest absolute Gasteiger partial charge is 0.462 e. The lowest BCUT2D eigenvalue weighted by Crippen LogP contribution is -2.19. The van der Waals surface area contributed by atoms with E-state index in [0.717, 1.165) is 21.7 Å². The van der Waals surface area contributed by atoms with E-state index in [9.17, 15) is 4.79 Å². The van der Waals surface area contributed by atoms with Gasteiger partial charge in [-0.25, -0.2) is 14.8 Å². The molecule has 19 heavy (non-hydrogen) atoms. The monoisotopic (exact) mass is 296 g/mol. The first-order valence-corrected chi connectivity index (χ1v) is 7.82. The average molecular weight is 296 g/mol. The number of carbonyl (C=O) groups excluding carboxylic acids is 1. The Morgan fingerprint density at radius 2 is 2.32 bits per heavy atom. The van der Waals surface area contributed by atoms with Crippen LogP contribution in [0.1, 0.15) is 16.6 Å². The van der Waals surface area contributed by atoms with Crippen LogP contribution in [-0.2, 0) is 4.74 Å². The van der Waals surface area contributed by atoms with Crippen molar-refractivity contribution in [1.29, 1.82) is 0 Å². The maximum atomic E-state index is 12.0. The summed E-state index contributed by atoms with van der Waals surface area (Å²) in [5, 5.41) is 7.90. The molecular weight excluding hydrogens is 284 g/mol. The Kier molecular flexibility index (Phi) is 3.19. The molecule has 0 saturated carbocycles. The van der Waals surface area contributed by atoms with E-state index in [2.05, 4.69) is 20.6 Å². The number of ether oxygens (including phenoxy) is 1. The molecule has 2 aromatic heterocycles. The van der Waals surface area contributed by atoms with Crippen LogP contribution in [0.15, 0.2) is 5.16 Å². The molecule has 0 unspecified atom stereocenters. The molecule has 3 rings (SSSR count). The molecule has 0 aromatic carbocycles. The van der Waals surface area contributed by atoms with E-state index in [1.807, 2.05) is 6.26 Å². The maximum absolute atomic E-state index is 12.0. The number of thiophene rings is 1. The molecule has 2 N–H and O–H groups in total. The molecule has 0 atom stereocenters. The van der Waals surface area contributed by atoms with Gasteiger partial charge in [-0.1, -0.05) is 11.8 Å². The Bertz CT molecular complexity index is 656. The van der Waals surface area contributed by atoms with Gasteiger partial charge in [-0.2, -0.15) is 0 Å². The average Bonchev–Trinajstić information content (AvgIpc) is 2.80. The molecule has 0 radical (unpaired) electrons. The summed E-state index contributed by atoms with van der Waals surface area (Å²) in [4.78, 5) is 22.2. The summed E-state index contributed by atoms with van der Waals surface area (Å²) in [5.74, 6) is 0.460. The van der Waals surface area contributed by atoms with Gasteiger partial charge in [0.25, 0.3) is 0 Å². The van der Waals surface area contributed by atoms with E-state index in [0.29, 0.717) is 23.3 Å². The van der Waals surface area contributed by atoms with Gasteiger partial charge in [-0.3, -0.25) is 0 Å². The molecule has 0 fully saturated rings. The van der Waals surface area contributed by atoms with Crippen LogP contribution in [0.4, 0.5) is 11.5 Å². The van der Waals surface area contributed by atoms with E-state index in [4.69, 9.17) is 4.74 Å². The van der Waals surface area contributed by atoms with Gasteiger partial charge in [0.1, 0.15) is 15.5 Å². The van der Waals surface area contributed by atoms with Crippen LogP contribution < -0.4 is 10.6 Å². The number of anilines is 2. The third-order valence-corrected chi connectivity index (χ3v) is 4.31. The molecule has 3 heterocycles. The van der Waals surface area contributed by atoms with Crippen molar-refractivity contribution in [3.05, 3.63) is 4.88 Å². The molecule has 0 amide bonds. The van der Waals surface area contributed by atoms with E-state index < -0.39 is 0 Å². The standard InChI is InChI=1S/C11H12N4O2S2/c1-3-17-10(16)7-6-5-8(13-4-12-6)14-11(18-2)15-9(5)19-7/h12H,3-4H2,1-2H3,(H,13,14,15). The third-order valence-electron chi connectivity index (χ3n) is 2.70. The zero-order chi connectivity index (χ0) is 13.4. The van der Waals surface area contributed by atoms with Crippen LogP contribution in [0.25, 0.3) is 10.2 Å². The highest BCUT2D eigenvalue weighted by atomic mass is 32.2. The van der Waals surface area contributed by atoms with Gasteiger partial charge in [0, 0.05) is 0 Å². The fourth-order valence-corrected chi connectivity index (χ4v) is 3.39. The van der Waals surface area contributed by atoms with Crippen LogP contribution >= 0.6 is 23.1 Å². The quantitative estimate of drug-likeness (QED) is 0.511. The van der Waals surface area contributed by atoms with Crippen LogP contribution in [-0.4, -0.2) is 35.5 Å². The minimum Gasteiger partial charge on any atom is -0.462 e. The summed E-state index contributed by atoms with van der Waals surface area (Å²) in [7, 11) is 0. The maximum Gasteiger partial charge on any atom is 0.350 e. The van der Waals surface area contributed by atoms with E-state index in [1.54, 1.807) is 6.92 Å². The van der Waals surface area contributed by atoms with E-state index in [1.165, 1.54) is 23.1 Å². The Labute approximate surface area is 118 Å². The van der Waals surface area contributed by atoms with E-state index in [-0.39, 0.29) is 5.97 Å². The molecule has 6 nitrogen and oxygen atoms in total. The Balaban J connectivity index is 2.21. The number of aromatic nitrogens is 2. The van der Waals surface area contributed by atoms with Gasteiger partial charge < -0.3 is 15.4 Å². The van der Waals surface area contributed by atoms with Crippen molar-refractivity contribution in [2.45, 2.75) is 12.1 Å². The van der Waals surface area contributed by atoms with Gasteiger partial charge >= 0.3 is 5.97 Å². The topological polar surface area (TPSA) is 76.1 Å². The minimum absolute atomic E-state index is 0.313. The summed E-state index contributed by atoms with van der Waals surface area (Å²) in [6.45, 7) is 2.69. The zero-order valence-electron chi connectivity index (χ0n) is 10.4. The van der Waals surface area contributed by atoms with Crippen LogP contribution in [0.3, 0.4) is 0 Å². The molecule has 8 heteroatoms. The lowest BCUT2D eigenvalue weighted by molar-refractivity contribution is 0.0533. The van der Waals surface area contributed by atoms with Crippen molar-refractivity contribution in [3.8, 4) is 0 Å². The van der Waals surface area contributed by atoms with Gasteiger partial charge in [0.2, 0.25) is 0 Å². The number of hydrogen-bond acceptors (Lipinski definition) is 8. The Hall–Kier alpha value is -1.54. The third kappa shape index (κ3) is 2.00. The lowest BCUT2D eigenvalue weighted by Gasteiger charge is -2.17. The molecule has 0 aliphatic carbocycles. The fourth-order valence-electron chi connectivity index (χ4n) is 1.93. The molecular formula is C11H12N4O2S2. The van der Waals surface area contributed by atoms with Gasteiger partial charge in [0.05, 0.1) is 24.3 Å². The second-order valence-electron chi connectivity index (χ2n) is 3.80. The van der Waals surface area contributed by atoms with Crippen LogP contribution in [0, 0.1) is 0 Å². The van der Waals surface area contributed by atoms with Crippen molar-refractivity contribution in [3.63, 3.8) is 0 Å². The number of nitrogens with one attached hydrogen (secondary N) is 2. The molecule has 100 valence electrons. The molecule has 0 bridgehead atoms. The Morgan fingerprint density at radius 3 is 3.05 bits per heavy atom. The predicted octanol–water partition coefficient (Wildman–Crippen LogP) is 2.38. The van der Waals surface area contributed by atoms with Gasteiger partial charge in [-0.15, -0.1) is 11.3 Å². The van der Waals surface area contributed by atoms with Crippen molar-refractivity contribution < 1.29 is 9.53 Å². The van der Waals surface area contributed by atoms with Crippen molar-refractivity contribution in [1.82, 2.24) is 9.97 Å². The number of rotatable bonds is 3. The molecule has 0 spiro atoms. The summed E-state index contributed by atoms with van der Waals surface area (Å²) in [5.41, 5.74) is 0.778. The first-order valence-electron chi connectivity index (χ1n) is 5.78. The number of hydrogen-bond donors (Lipinski definition) is 2. The number of thioether (sulfide) groups is 1. The highest BCUT2D eigenvalue weighted by Crippen LogP contribution is 2.41. The molecule has 0 saturated heterocycles. The molecule has 1 aliphatic rings. The number of nitrogens with zero attached hydrogens (tertiary/aromatic N) is 2. The molecule has 2 aromatic rings. The lowest BCUT2D eigenvalue weighted by atomic mass is 10.2. The predicted molar refractivity (Wildman–Crippen MR) is 77.3 cm³/mol. The zero-order valence-corrected chi connectivity index (χ0v) is 12.1. The normalized spacial score (nSPS) is 12.9. The van der Waals surface area contributed by atoms with Crippen molar-refractivity contribution in [2.75, 3.05) is 30.2 Å². The second kappa shape index (κ2) is 4.86. The highest BCUT2D eigenvalue weighted by molar-refractivity contribution is 7.98. The Morgan fingerprint density at radius 1 is 1.47 bits per heavy atom. The smallest absolute Gasteiger partial charge is 0.350 e. The van der Waals surface area contributed by atoms with Gasteiger partial charge in [0.15, 0.2) is 5.16 Å². The summed E-state index contributed by atoms with van der Waals surface area (Å²) in [6.07, 6.45) is 1.93. The first-order chi connectivity index (χ1) is 9.24. The number of carbonyl (C=O) groups is 1. The second-order valence-corrected chi connectivity index (χ2v) is 5.57. The van der Waals surface area contributed by atoms with Crippen LogP contribution in [0.2, 0.25) is 0 Å².